The van der Waals surface area contributed by atoms with Crippen molar-refractivity contribution in [2.24, 2.45) is 0 Å². The normalized spacial score (nSPS) is 26.5. The summed E-state index contributed by atoms with van der Waals surface area (Å²) in [6, 6.07) is 11.1. The number of fused-ring (bicyclic) bond motifs is 1. The molecule has 0 unspecified atom stereocenters. The molecule has 4 atom stereocenters. The molecule has 2 saturated heterocycles. The minimum atomic E-state index is -0.830. The molecule has 0 amide bonds. The van der Waals surface area contributed by atoms with Crippen molar-refractivity contribution in [3.8, 4) is 5.88 Å². The van der Waals surface area contributed by atoms with Crippen LogP contribution in [0.5, 0.6) is 5.88 Å². The number of carbonyl (C=O) groups is 2. The molecule has 10 nitrogen and oxygen atoms in total. The summed E-state index contributed by atoms with van der Waals surface area (Å²) in [4.78, 5) is 23.5. The van der Waals surface area contributed by atoms with E-state index in [0.717, 1.165) is 10.2 Å². The molecular weight excluding hydrogens is 408 g/mol. The van der Waals surface area contributed by atoms with Crippen molar-refractivity contribution in [2.45, 2.75) is 57.8 Å². The first-order valence-electron chi connectivity index (χ1n) is 9.81. The highest BCUT2D eigenvalue weighted by atomic mass is 16.8. The quantitative estimate of drug-likeness (QED) is 0.659. The van der Waals surface area contributed by atoms with Gasteiger partial charge in [-0.2, -0.15) is 5.10 Å². The molecule has 0 saturated carbocycles. The van der Waals surface area contributed by atoms with Crippen molar-refractivity contribution < 1.29 is 38.0 Å². The number of aromatic nitrogens is 2. The van der Waals surface area contributed by atoms with Crippen molar-refractivity contribution in [3.05, 3.63) is 47.7 Å². The Morgan fingerprint density at radius 3 is 2.61 bits per heavy atom. The molecule has 1 aromatic carbocycles. The van der Waals surface area contributed by atoms with Crippen LogP contribution in [0.15, 0.2) is 36.4 Å². The zero-order chi connectivity index (χ0) is 22.2. The molecule has 0 N–H and O–H groups in total. The first-order valence-corrected chi connectivity index (χ1v) is 9.81. The third kappa shape index (κ3) is 4.47. The smallest absolute Gasteiger partial charge is 0.437 e. The van der Waals surface area contributed by atoms with Crippen molar-refractivity contribution in [1.82, 2.24) is 9.78 Å². The molecule has 31 heavy (non-hydrogen) atoms. The zero-order valence-electron chi connectivity index (χ0n) is 17.6. The predicted octanol–water partition coefficient (Wildman–Crippen LogP) is 2.56. The van der Waals surface area contributed by atoms with Crippen LogP contribution in [0, 0.1) is 0 Å². The van der Waals surface area contributed by atoms with Crippen molar-refractivity contribution in [2.75, 3.05) is 7.11 Å². The Hall–Kier alpha value is -2.79. The molecule has 0 bridgehead atoms. The van der Waals surface area contributed by atoms with E-state index in [9.17, 15) is 9.59 Å². The number of esters is 1. The largest absolute Gasteiger partial charge is 0.451 e. The fourth-order valence-electron chi connectivity index (χ4n) is 3.62. The lowest BCUT2D eigenvalue weighted by Crippen LogP contribution is -2.33. The van der Waals surface area contributed by atoms with Crippen LogP contribution >= 0.6 is 0 Å². The predicted molar refractivity (Wildman–Crippen MR) is 104 cm³/mol. The van der Waals surface area contributed by atoms with Gasteiger partial charge in [0.1, 0.15) is 18.3 Å². The van der Waals surface area contributed by atoms with E-state index < -0.39 is 42.5 Å². The molecule has 2 fully saturated rings. The number of carbonyl (C=O) groups excluding carboxylic acids is 2. The highest BCUT2D eigenvalue weighted by Crippen LogP contribution is 2.45. The van der Waals surface area contributed by atoms with Gasteiger partial charge in [-0.05, 0) is 19.4 Å². The van der Waals surface area contributed by atoms with Crippen LogP contribution < -0.4 is 4.74 Å². The maximum atomic E-state index is 12.1. The molecule has 0 radical (unpaired) electrons. The molecule has 4 rings (SSSR count). The second-order valence-corrected chi connectivity index (χ2v) is 7.67. The number of ether oxygens (including phenoxy) is 6. The summed E-state index contributed by atoms with van der Waals surface area (Å²) in [6.07, 6.45) is -3.31. The lowest BCUT2D eigenvalue weighted by atomic mass is 10.1. The molecule has 10 heteroatoms. The Balaban J connectivity index is 1.63. The Labute approximate surface area is 178 Å². The average molecular weight is 432 g/mol. The summed E-state index contributed by atoms with van der Waals surface area (Å²) in [5.41, 5.74) is 1.29. The number of rotatable bonds is 5. The van der Waals surface area contributed by atoms with E-state index in [-0.39, 0.29) is 5.88 Å². The number of benzene rings is 1. The maximum absolute atomic E-state index is 12.1. The molecular formula is C21H24N2O8. The van der Waals surface area contributed by atoms with Crippen LogP contribution in [-0.4, -0.2) is 53.2 Å². The number of hydrogen-bond acceptors (Lipinski definition) is 9. The number of nitrogens with zero attached hydrogens (tertiary/aromatic N) is 2. The van der Waals surface area contributed by atoms with Gasteiger partial charge in [0.25, 0.3) is 0 Å². The van der Waals surface area contributed by atoms with Gasteiger partial charge in [0.15, 0.2) is 12.1 Å². The van der Waals surface area contributed by atoms with E-state index in [1.165, 1.54) is 20.1 Å². The van der Waals surface area contributed by atoms with Gasteiger partial charge in [0.2, 0.25) is 5.88 Å². The molecule has 2 aromatic rings. The molecule has 2 aliphatic rings. The summed E-state index contributed by atoms with van der Waals surface area (Å²) in [5.74, 6) is -1.52. The van der Waals surface area contributed by atoms with Gasteiger partial charge in [-0.15, -0.1) is 4.68 Å². The third-order valence-corrected chi connectivity index (χ3v) is 4.86. The first-order chi connectivity index (χ1) is 14.8. The Kier molecular flexibility index (Phi) is 5.80. The molecule has 166 valence electrons. The van der Waals surface area contributed by atoms with Crippen LogP contribution in [0.2, 0.25) is 0 Å². The molecule has 2 aliphatic heterocycles. The molecule has 0 spiro atoms. The van der Waals surface area contributed by atoms with E-state index in [0.29, 0.717) is 12.3 Å². The maximum Gasteiger partial charge on any atom is 0.437 e. The van der Waals surface area contributed by atoms with Gasteiger partial charge < -0.3 is 28.4 Å². The second-order valence-electron chi connectivity index (χ2n) is 7.67. The Bertz CT molecular complexity index is 958. The van der Waals surface area contributed by atoms with E-state index in [2.05, 4.69) is 5.10 Å². The lowest BCUT2D eigenvalue weighted by Gasteiger charge is -2.25. The second kappa shape index (κ2) is 8.39. The van der Waals surface area contributed by atoms with Gasteiger partial charge in [0, 0.05) is 13.0 Å². The highest BCUT2D eigenvalue weighted by Gasteiger charge is 2.56. The van der Waals surface area contributed by atoms with Crippen LogP contribution in [0.25, 0.3) is 0 Å². The summed E-state index contributed by atoms with van der Waals surface area (Å²) >= 11 is 0. The fourth-order valence-corrected chi connectivity index (χ4v) is 3.62. The van der Waals surface area contributed by atoms with E-state index in [1.54, 1.807) is 13.8 Å². The summed E-state index contributed by atoms with van der Waals surface area (Å²) in [5, 5.41) is 4.23. The standard InChI is InChI=1S/C21H24N2O8/c1-12(24)28-15-10-14(22-23(15)20(25)26-4)16-17(27-11-13-8-6-5-7-9-13)18-19(29-16)31-21(2,3)30-18/h5-10,16-19H,11H2,1-4H3/t16-,17-,18-,19-/m1/s1. The van der Waals surface area contributed by atoms with Gasteiger partial charge in [0.05, 0.1) is 19.4 Å². The molecule has 1 aromatic heterocycles. The van der Waals surface area contributed by atoms with Gasteiger partial charge >= 0.3 is 12.1 Å². The summed E-state index contributed by atoms with van der Waals surface area (Å²) in [6.45, 7) is 5.12. The Morgan fingerprint density at radius 1 is 1.19 bits per heavy atom. The monoisotopic (exact) mass is 432 g/mol. The number of methoxy groups -OCH3 is 1. The summed E-state index contributed by atoms with van der Waals surface area (Å²) in [7, 11) is 1.20. The topological polar surface area (TPSA) is 107 Å². The van der Waals surface area contributed by atoms with Crippen LogP contribution in [0.3, 0.4) is 0 Å². The first kappa shape index (κ1) is 21.4. The van der Waals surface area contributed by atoms with E-state index >= 15 is 0 Å². The van der Waals surface area contributed by atoms with Crippen molar-refractivity contribution >= 4 is 12.1 Å². The fraction of sp³-hybridized carbons (Fsp3) is 0.476. The van der Waals surface area contributed by atoms with Crippen LogP contribution in [0.1, 0.15) is 38.1 Å². The SMILES string of the molecule is COC(=O)n1nc([C@H]2O[C@@H]3OC(C)(C)O[C@@H]3[C@@H]2OCc2ccccc2)cc1OC(C)=O. The lowest BCUT2D eigenvalue weighted by molar-refractivity contribution is -0.220. The average Bonchev–Trinajstić information content (AvgIpc) is 3.36. The zero-order valence-corrected chi connectivity index (χ0v) is 17.6. The minimum absolute atomic E-state index is 0.0843. The Morgan fingerprint density at radius 2 is 1.94 bits per heavy atom. The van der Waals surface area contributed by atoms with Gasteiger partial charge in [-0.25, -0.2) is 4.79 Å². The minimum Gasteiger partial charge on any atom is -0.451 e. The molecule has 3 heterocycles. The van der Waals surface area contributed by atoms with E-state index in [1.807, 2.05) is 30.3 Å². The summed E-state index contributed by atoms with van der Waals surface area (Å²) < 4.78 is 34.8. The number of hydrogen-bond donors (Lipinski definition) is 0. The van der Waals surface area contributed by atoms with Gasteiger partial charge in [-0.3, -0.25) is 4.79 Å². The van der Waals surface area contributed by atoms with E-state index in [4.69, 9.17) is 28.4 Å². The molecule has 0 aliphatic carbocycles. The highest BCUT2D eigenvalue weighted by molar-refractivity contribution is 5.74. The van der Waals surface area contributed by atoms with Crippen LogP contribution in [-0.2, 0) is 35.1 Å². The van der Waals surface area contributed by atoms with Crippen molar-refractivity contribution in [3.63, 3.8) is 0 Å². The van der Waals surface area contributed by atoms with Crippen molar-refractivity contribution in [1.29, 1.82) is 0 Å². The van der Waals surface area contributed by atoms with Gasteiger partial charge in [-0.1, -0.05) is 30.3 Å². The van der Waals surface area contributed by atoms with Crippen LogP contribution in [0.4, 0.5) is 4.79 Å². The third-order valence-electron chi connectivity index (χ3n) is 4.86.